The predicted molar refractivity (Wildman–Crippen MR) is 138 cm³/mol. The molecule has 4 aliphatic rings. The monoisotopic (exact) mass is 473 g/mol. The van der Waals surface area contributed by atoms with E-state index < -0.39 is 0 Å². The molecule has 5 nitrogen and oxygen atoms in total. The van der Waals surface area contributed by atoms with Crippen molar-refractivity contribution in [2.24, 2.45) is 52.1 Å². The highest BCUT2D eigenvalue weighted by Gasteiger charge is 2.59. The van der Waals surface area contributed by atoms with Gasteiger partial charge in [0.25, 0.3) is 0 Å². The number of carbonyl (C=O) groups excluding carboxylic acids is 1. The van der Waals surface area contributed by atoms with Crippen molar-refractivity contribution in [3.8, 4) is 0 Å². The molecule has 0 heterocycles. The van der Waals surface area contributed by atoms with Crippen molar-refractivity contribution in [2.75, 3.05) is 6.54 Å². The lowest BCUT2D eigenvalue weighted by molar-refractivity contribution is -0.131. The molecule has 0 spiro atoms. The molecule has 0 aromatic heterocycles. The number of hydrogen-bond donors (Lipinski definition) is 3. The molecule has 0 aliphatic heterocycles. The van der Waals surface area contributed by atoms with E-state index in [0.717, 1.165) is 48.3 Å². The Kier molecular flexibility index (Phi) is 8.16. The van der Waals surface area contributed by atoms with Crippen molar-refractivity contribution in [3.63, 3.8) is 0 Å². The maximum atomic E-state index is 11.4. The van der Waals surface area contributed by atoms with Crippen LogP contribution in [0.1, 0.15) is 105 Å². The van der Waals surface area contributed by atoms with Gasteiger partial charge in [-0.15, -0.1) is 5.59 Å². The molecule has 0 radical (unpaired) electrons. The Labute approximate surface area is 208 Å². The van der Waals surface area contributed by atoms with E-state index in [4.69, 9.17) is 10.6 Å². The fourth-order valence-corrected chi connectivity index (χ4v) is 8.97. The van der Waals surface area contributed by atoms with Crippen molar-refractivity contribution in [2.45, 2.75) is 111 Å². The number of fused-ring (bicyclic) bond motifs is 5. The van der Waals surface area contributed by atoms with E-state index in [0.29, 0.717) is 10.8 Å². The zero-order valence-corrected chi connectivity index (χ0v) is 22.5. The number of amides is 1. The molecular formula is C29H51N3O2. The van der Waals surface area contributed by atoms with Crippen LogP contribution in [0, 0.1) is 46.3 Å². The standard InChI is InChI=1S/C29H51N3O2/c1-19(2)7-6-8-20(3)24-11-12-25-23-10-9-21-17-22(34-32-31-27(33)18-30)13-15-28(21,4)26(23)14-16-29(24,25)5/h9,19-20,22-26,32H,6-8,10-18,30H2,1-5H3,(H,31,33)/t20-,22+,23+,24-,25+,26+,28+,29-/m1/s1. The zero-order valence-electron chi connectivity index (χ0n) is 22.5. The van der Waals surface area contributed by atoms with Crippen LogP contribution in [0.15, 0.2) is 11.6 Å². The number of rotatable bonds is 9. The van der Waals surface area contributed by atoms with Gasteiger partial charge < -0.3 is 5.73 Å². The van der Waals surface area contributed by atoms with Gasteiger partial charge in [-0.1, -0.05) is 65.5 Å². The third kappa shape index (κ3) is 4.99. The minimum absolute atomic E-state index is 0.0367. The maximum absolute atomic E-state index is 11.4. The molecule has 0 aromatic carbocycles. The van der Waals surface area contributed by atoms with Gasteiger partial charge in [0.1, 0.15) is 0 Å². The first-order valence-corrected chi connectivity index (χ1v) is 14.3. The van der Waals surface area contributed by atoms with E-state index in [-0.39, 0.29) is 18.6 Å². The van der Waals surface area contributed by atoms with Crippen LogP contribution in [0.25, 0.3) is 0 Å². The van der Waals surface area contributed by atoms with Crippen LogP contribution in [-0.2, 0) is 9.63 Å². The fraction of sp³-hybridized carbons (Fsp3) is 0.897. The van der Waals surface area contributed by atoms with Gasteiger partial charge in [-0.2, -0.15) is 0 Å². The minimum atomic E-state index is -0.255. The molecule has 8 atom stereocenters. The number of allylic oxidation sites excluding steroid dienone is 1. The van der Waals surface area contributed by atoms with E-state index >= 15 is 0 Å². The molecule has 1 amide bonds. The van der Waals surface area contributed by atoms with Crippen molar-refractivity contribution in [1.82, 2.24) is 11.0 Å². The molecule has 0 aromatic rings. The van der Waals surface area contributed by atoms with Crippen LogP contribution >= 0.6 is 0 Å². The van der Waals surface area contributed by atoms with Gasteiger partial charge in [0, 0.05) is 0 Å². The van der Waals surface area contributed by atoms with Gasteiger partial charge in [0.05, 0.1) is 12.6 Å². The Morgan fingerprint density at radius 1 is 1.12 bits per heavy atom. The Morgan fingerprint density at radius 3 is 2.65 bits per heavy atom. The quantitative estimate of drug-likeness (QED) is 0.287. The lowest BCUT2D eigenvalue weighted by Crippen LogP contribution is -2.51. The summed E-state index contributed by atoms with van der Waals surface area (Å²) in [6.45, 7) is 12.5. The first-order valence-electron chi connectivity index (χ1n) is 14.3. The van der Waals surface area contributed by atoms with Gasteiger partial charge in [-0.25, -0.2) is 0 Å². The van der Waals surface area contributed by atoms with Crippen molar-refractivity contribution in [3.05, 3.63) is 11.6 Å². The number of nitrogens with two attached hydrogens (primary N) is 1. The zero-order chi connectivity index (χ0) is 24.5. The summed E-state index contributed by atoms with van der Waals surface area (Å²) in [6.07, 6.45) is 17.1. The summed E-state index contributed by atoms with van der Waals surface area (Å²) < 4.78 is 0. The summed E-state index contributed by atoms with van der Waals surface area (Å²) in [6, 6.07) is 0. The van der Waals surface area contributed by atoms with Crippen molar-refractivity contribution >= 4 is 5.91 Å². The molecule has 5 heteroatoms. The minimum Gasteiger partial charge on any atom is -0.322 e. The second kappa shape index (κ2) is 10.6. The lowest BCUT2D eigenvalue weighted by Gasteiger charge is -2.58. The van der Waals surface area contributed by atoms with Gasteiger partial charge in [-0.3, -0.25) is 15.1 Å². The fourth-order valence-electron chi connectivity index (χ4n) is 8.97. The molecule has 3 saturated carbocycles. The first-order chi connectivity index (χ1) is 16.2. The van der Waals surface area contributed by atoms with Gasteiger partial charge in [0.2, 0.25) is 5.91 Å². The van der Waals surface area contributed by atoms with Gasteiger partial charge in [0.15, 0.2) is 0 Å². The van der Waals surface area contributed by atoms with Crippen LogP contribution in [0.3, 0.4) is 0 Å². The first kappa shape index (κ1) is 26.2. The number of hydrogen-bond acceptors (Lipinski definition) is 4. The van der Waals surface area contributed by atoms with Gasteiger partial charge in [-0.05, 0) is 97.7 Å². The van der Waals surface area contributed by atoms with E-state index in [1.807, 2.05) is 0 Å². The second-order valence-electron chi connectivity index (χ2n) is 13.1. The lowest BCUT2D eigenvalue weighted by atomic mass is 9.47. The van der Waals surface area contributed by atoms with Crippen LogP contribution in [0.4, 0.5) is 0 Å². The van der Waals surface area contributed by atoms with E-state index in [1.54, 1.807) is 5.57 Å². The van der Waals surface area contributed by atoms with E-state index in [2.05, 4.69) is 51.7 Å². The number of nitrogens with one attached hydrogen (secondary N) is 2. The number of hydrazine groups is 1. The predicted octanol–water partition coefficient (Wildman–Crippen LogP) is 5.91. The molecule has 194 valence electrons. The molecular weight excluding hydrogens is 422 g/mol. The Hall–Kier alpha value is -0.910. The second-order valence-corrected chi connectivity index (χ2v) is 13.1. The SMILES string of the molecule is CC(C)CCC[C@@H](C)[C@H]1CC[C@H]2[C@@H]3CC=C4C[C@@H](ONNC(=O)CN)CC[C@]4(C)[C@H]3CC[C@]12C. The Morgan fingerprint density at radius 2 is 1.91 bits per heavy atom. The summed E-state index contributed by atoms with van der Waals surface area (Å²) in [5, 5.41) is 0. The number of carbonyl (C=O) groups is 1. The van der Waals surface area contributed by atoms with E-state index in [9.17, 15) is 4.79 Å². The molecule has 4 aliphatic carbocycles. The third-order valence-corrected chi connectivity index (χ3v) is 10.9. The summed E-state index contributed by atoms with van der Waals surface area (Å²) >= 11 is 0. The molecule has 3 fully saturated rings. The van der Waals surface area contributed by atoms with E-state index in [1.165, 1.54) is 57.8 Å². The highest BCUT2D eigenvalue weighted by molar-refractivity contribution is 5.77. The van der Waals surface area contributed by atoms with Crippen LogP contribution in [0.2, 0.25) is 0 Å². The van der Waals surface area contributed by atoms with Crippen LogP contribution in [-0.4, -0.2) is 18.6 Å². The van der Waals surface area contributed by atoms with Crippen LogP contribution in [0.5, 0.6) is 0 Å². The highest BCUT2D eigenvalue weighted by Crippen LogP contribution is 2.67. The average molecular weight is 474 g/mol. The average Bonchev–Trinajstić information content (AvgIpc) is 3.16. The summed E-state index contributed by atoms with van der Waals surface area (Å²) in [5.74, 6) is 4.96. The van der Waals surface area contributed by atoms with Crippen molar-refractivity contribution < 1.29 is 9.63 Å². The highest BCUT2D eigenvalue weighted by atomic mass is 16.7. The molecule has 34 heavy (non-hydrogen) atoms. The topological polar surface area (TPSA) is 76.4 Å². The molecule has 0 saturated heterocycles. The van der Waals surface area contributed by atoms with Crippen molar-refractivity contribution in [1.29, 1.82) is 0 Å². The summed E-state index contributed by atoms with van der Waals surface area (Å²) in [5.41, 5.74) is 13.0. The largest absolute Gasteiger partial charge is 0.322 e. The normalized spacial score (nSPS) is 40.2. The summed E-state index contributed by atoms with van der Waals surface area (Å²) in [7, 11) is 0. The Balaban J connectivity index is 1.39. The molecule has 0 unspecified atom stereocenters. The third-order valence-electron chi connectivity index (χ3n) is 10.9. The molecule has 4 rings (SSSR count). The maximum Gasteiger partial charge on any atom is 0.249 e. The Bertz CT molecular complexity index is 752. The summed E-state index contributed by atoms with van der Waals surface area (Å²) in [4.78, 5) is 17.1. The van der Waals surface area contributed by atoms with Crippen LogP contribution < -0.4 is 16.7 Å². The smallest absolute Gasteiger partial charge is 0.249 e. The van der Waals surface area contributed by atoms with Gasteiger partial charge >= 0.3 is 0 Å². The molecule has 4 N–H and O–H groups in total. The molecule has 0 bridgehead atoms.